The summed E-state index contributed by atoms with van der Waals surface area (Å²) < 4.78 is 0. The van der Waals surface area contributed by atoms with E-state index in [1.807, 2.05) is 0 Å². The summed E-state index contributed by atoms with van der Waals surface area (Å²) in [7, 11) is 0. The van der Waals surface area contributed by atoms with Crippen molar-refractivity contribution in [2.24, 2.45) is 17.6 Å². The van der Waals surface area contributed by atoms with Gasteiger partial charge in [0.05, 0.1) is 0 Å². The highest BCUT2D eigenvalue weighted by Crippen LogP contribution is 2.27. The molecule has 1 aromatic rings. The Morgan fingerprint density at radius 3 is 2.47 bits per heavy atom. The highest BCUT2D eigenvalue weighted by Gasteiger charge is 2.34. The van der Waals surface area contributed by atoms with Gasteiger partial charge in [-0.3, -0.25) is 4.90 Å². The monoisotopic (exact) mass is 232 g/mol. The van der Waals surface area contributed by atoms with E-state index in [0.717, 1.165) is 13.1 Å². The smallest absolute Gasteiger partial charge is 0.0236 e. The molecule has 1 aliphatic rings. The highest BCUT2D eigenvalue weighted by atomic mass is 15.2. The second-order valence-corrected chi connectivity index (χ2v) is 5.57. The fourth-order valence-electron chi connectivity index (χ4n) is 2.86. The summed E-state index contributed by atoms with van der Waals surface area (Å²) in [4.78, 5) is 2.56. The third kappa shape index (κ3) is 2.70. The molecule has 2 rings (SSSR count). The van der Waals surface area contributed by atoms with Crippen molar-refractivity contribution >= 4 is 0 Å². The fraction of sp³-hybridized carbons (Fsp3) is 0.600. The molecule has 1 fully saturated rings. The summed E-state index contributed by atoms with van der Waals surface area (Å²) in [5.74, 6) is 1.16. The van der Waals surface area contributed by atoms with E-state index in [1.165, 1.54) is 5.56 Å². The maximum atomic E-state index is 6.24. The Bertz CT molecular complexity index is 349. The third-order valence-electron chi connectivity index (χ3n) is 4.35. The van der Waals surface area contributed by atoms with Crippen LogP contribution < -0.4 is 5.73 Å². The molecule has 1 aromatic carbocycles. The van der Waals surface area contributed by atoms with Crippen LogP contribution in [-0.2, 0) is 6.54 Å². The number of nitrogens with zero attached hydrogens (tertiary/aromatic N) is 1. The largest absolute Gasteiger partial charge is 0.327 e. The average molecular weight is 232 g/mol. The van der Waals surface area contributed by atoms with Gasteiger partial charge in [-0.15, -0.1) is 0 Å². The van der Waals surface area contributed by atoms with Gasteiger partial charge in [-0.2, -0.15) is 0 Å². The number of nitrogens with two attached hydrogens (primary N) is 1. The molecule has 17 heavy (non-hydrogen) atoms. The third-order valence-corrected chi connectivity index (χ3v) is 4.35. The molecule has 94 valence electrons. The minimum atomic E-state index is 0.344. The lowest BCUT2D eigenvalue weighted by Crippen LogP contribution is -2.55. The van der Waals surface area contributed by atoms with Crippen LogP contribution in [0.25, 0.3) is 0 Å². The van der Waals surface area contributed by atoms with Crippen LogP contribution in [0.4, 0.5) is 0 Å². The van der Waals surface area contributed by atoms with Gasteiger partial charge in [0.2, 0.25) is 0 Å². The van der Waals surface area contributed by atoms with Gasteiger partial charge in [-0.1, -0.05) is 44.2 Å². The first-order chi connectivity index (χ1) is 8.09. The minimum absolute atomic E-state index is 0.344. The number of benzene rings is 1. The van der Waals surface area contributed by atoms with Crippen LogP contribution in [0.2, 0.25) is 0 Å². The first kappa shape index (κ1) is 12.6. The normalized spacial score (nSPS) is 34.8. The molecule has 2 nitrogen and oxygen atoms in total. The van der Waals surface area contributed by atoms with Crippen molar-refractivity contribution in [1.82, 2.24) is 4.90 Å². The van der Waals surface area contributed by atoms with Crippen LogP contribution in [0.5, 0.6) is 0 Å². The fourth-order valence-corrected chi connectivity index (χ4v) is 2.86. The van der Waals surface area contributed by atoms with E-state index in [0.29, 0.717) is 23.9 Å². The van der Waals surface area contributed by atoms with Gasteiger partial charge in [0.25, 0.3) is 0 Å². The number of piperidine rings is 1. The zero-order chi connectivity index (χ0) is 12.4. The van der Waals surface area contributed by atoms with Crippen molar-refractivity contribution < 1.29 is 0 Å². The van der Waals surface area contributed by atoms with E-state index in [4.69, 9.17) is 5.73 Å². The molecule has 4 atom stereocenters. The predicted octanol–water partition coefficient (Wildman–Crippen LogP) is 2.49. The van der Waals surface area contributed by atoms with Gasteiger partial charge in [0, 0.05) is 25.2 Å². The van der Waals surface area contributed by atoms with Gasteiger partial charge in [0.1, 0.15) is 0 Å². The quantitative estimate of drug-likeness (QED) is 0.849. The molecule has 0 aliphatic carbocycles. The molecular weight excluding hydrogens is 208 g/mol. The number of rotatable bonds is 2. The molecule has 0 bridgehead atoms. The van der Waals surface area contributed by atoms with Crippen LogP contribution in [-0.4, -0.2) is 23.5 Å². The maximum absolute atomic E-state index is 6.24. The molecule has 0 saturated carbocycles. The van der Waals surface area contributed by atoms with Crippen LogP contribution in [0.15, 0.2) is 30.3 Å². The number of hydrogen-bond donors (Lipinski definition) is 1. The van der Waals surface area contributed by atoms with Crippen LogP contribution in [0.3, 0.4) is 0 Å². The average Bonchev–Trinajstić information content (AvgIpc) is 2.35. The van der Waals surface area contributed by atoms with Crippen molar-refractivity contribution in [3.63, 3.8) is 0 Å². The molecule has 2 N–H and O–H groups in total. The summed E-state index contributed by atoms with van der Waals surface area (Å²) in [6.07, 6.45) is 0. The first-order valence-corrected chi connectivity index (χ1v) is 6.63. The molecule has 2 heteroatoms. The Labute approximate surface area is 105 Å². The summed E-state index contributed by atoms with van der Waals surface area (Å²) >= 11 is 0. The van der Waals surface area contributed by atoms with Gasteiger partial charge < -0.3 is 5.73 Å². The Kier molecular flexibility index (Phi) is 3.85. The molecule has 0 aromatic heterocycles. The Balaban J connectivity index is 2.06. The van der Waals surface area contributed by atoms with Crippen LogP contribution >= 0.6 is 0 Å². The van der Waals surface area contributed by atoms with E-state index >= 15 is 0 Å². The number of likely N-dealkylation sites (tertiary alicyclic amines) is 1. The Morgan fingerprint density at radius 2 is 1.82 bits per heavy atom. The van der Waals surface area contributed by atoms with Gasteiger partial charge >= 0.3 is 0 Å². The molecule has 1 saturated heterocycles. The molecular formula is C15H24N2. The van der Waals surface area contributed by atoms with Crippen molar-refractivity contribution in [3.8, 4) is 0 Å². The number of hydrogen-bond acceptors (Lipinski definition) is 2. The van der Waals surface area contributed by atoms with E-state index in [-0.39, 0.29) is 0 Å². The van der Waals surface area contributed by atoms with E-state index in [2.05, 4.69) is 56.0 Å². The lowest BCUT2D eigenvalue weighted by atomic mass is 9.81. The Morgan fingerprint density at radius 1 is 1.18 bits per heavy atom. The topological polar surface area (TPSA) is 29.3 Å². The van der Waals surface area contributed by atoms with Crippen LogP contribution in [0.1, 0.15) is 26.3 Å². The van der Waals surface area contributed by atoms with E-state index < -0.39 is 0 Å². The molecule has 0 radical (unpaired) electrons. The van der Waals surface area contributed by atoms with E-state index in [9.17, 15) is 0 Å². The lowest BCUT2D eigenvalue weighted by molar-refractivity contribution is 0.0553. The zero-order valence-corrected chi connectivity index (χ0v) is 11.1. The maximum Gasteiger partial charge on any atom is 0.0236 e. The lowest BCUT2D eigenvalue weighted by Gasteiger charge is -2.45. The predicted molar refractivity (Wildman–Crippen MR) is 72.6 cm³/mol. The Hall–Kier alpha value is -0.860. The summed E-state index contributed by atoms with van der Waals surface area (Å²) in [5.41, 5.74) is 7.64. The van der Waals surface area contributed by atoms with Crippen LogP contribution in [0, 0.1) is 11.8 Å². The second kappa shape index (κ2) is 5.19. The summed E-state index contributed by atoms with van der Waals surface area (Å²) in [5, 5.41) is 0. The standard InChI is InChI=1S/C15H24N2/c1-11-9-17(13(3)12(2)15(11)16)10-14-7-5-4-6-8-14/h4-8,11-13,15H,9-10,16H2,1-3H3/t11-,12-,13-,15+/m1/s1. The van der Waals surface area contributed by atoms with E-state index in [1.54, 1.807) is 0 Å². The molecule has 0 spiro atoms. The SMILES string of the molecule is C[C@H]1[C@@H](N)[C@H](C)CN(Cc2ccccc2)[C@@H]1C. The minimum Gasteiger partial charge on any atom is -0.327 e. The summed E-state index contributed by atoms with van der Waals surface area (Å²) in [6.45, 7) is 9.01. The van der Waals surface area contributed by atoms with Crippen molar-refractivity contribution in [3.05, 3.63) is 35.9 Å². The molecule has 1 heterocycles. The first-order valence-electron chi connectivity index (χ1n) is 6.63. The van der Waals surface area contributed by atoms with Gasteiger partial charge in [-0.05, 0) is 24.3 Å². The van der Waals surface area contributed by atoms with Gasteiger partial charge in [-0.25, -0.2) is 0 Å². The van der Waals surface area contributed by atoms with Crippen molar-refractivity contribution in [2.75, 3.05) is 6.54 Å². The second-order valence-electron chi connectivity index (χ2n) is 5.57. The highest BCUT2D eigenvalue weighted by molar-refractivity contribution is 5.15. The molecule has 0 unspecified atom stereocenters. The molecule has 1 aliphatic heterocycles. The molecule has 0 amide bonds. The van der Waals surface area contributed by atoms with Crippen molar-refractivity contribution in [1.29, 1.82) is 0 Å². The zero-order valence-electron chi connectivity index (χ0n) is 11.1. The summed E-state index contributed by atoms with van der Waals surface area (Å²) in [6, 6.07) is 11.6. The van der Waals surface area contributed by atoms with Crippen molar-refractivity contribution in [2.45, 2.75) is 39.4 Å². The van der Waals surface area contributed by atoms with Gasteiger partial charge in [0.15, 0.2) is 0 Å².